The second-order valence-electron chi connectivity index (χ2n) is 26.5. The zero-order valence-electron chi connectivity index (χ0n) is 41.7. The molecule has 0 aliphatic heterocycles. The van der Waals surface area contributed by atoms with Crippen LogP contribution in [0.2, 0.25) is 0 Å². The van der Waals surface area contributed by atoms with Crippen LogP contribution >= 0.6 is 0 Å². The standard InChI is InChI=1S/C61H104N2/c1-5-17-45(18-6-1)47-29-37-53(38-30-47)62(51-21-9-3-10-22-51)55-41-33-49(34-42-55)61(59-27-15-13-25-57(59)58-26-14-16-28-60(58)61)50-35-43-56(44-36-50)63(52-23-11-4-12-24-52)54-39-31-48(32-40-54)46-19-7-2-8-20-46/h45-60H,1-44H2. The summed E-state index contributed by atoms with van der Waals surface area (Å²) in [6, 6.07) is 5.52. The average Bonchev–Trinajstić information content (AvgIpc) is 3.67. The van der Waals surface area contributed by atoms with E-state index in [0.29, 0.717) is 5.41 Å². The van der Waals surface area contributed by atoms with Crippen LogP contribution < -0.4 is 0 Å². The van der Waals surface area contributed by atoms with Gasteiger partial charge in [0.05, 0.1) is 0 Å². The molecule has 11 fully saturated rings. The van der Waals surface area contributed by atoms with E-state index in [1.165, 1.54) is 103 Å². The molecule has 4 unspecified atom stereocenters. The summed E-state index contributed by atoms with van der Waals surface area (Å²) in [5.74, 6) is 10.8. The largest absolute Gasteiger partial charge is 0.294 e. The molecule has 0 bridgehead atoms. The van der Waals surface area contributed by atoms with Crippen molar-refractivity contribution in [2.75, 3.05) is 0 Å². The summed E-state index contributed by atoms with van der Waals surface area (Å²) in [5.41, 5.74) is 0.702. The molecule has 11 aliphatic rings. The van der Waals surface area contributed by atoms with Crippen LogP contribution in [0.25, 0.3) is 0 Å². The lowest BCUT2D eigenvalue weighted by Crippen LogP contribution is -2.56. The van der Waals surface area contributed by atoms with Gasteiger partial charge >= 0.3 is 0 Å². The fourth-order valence-corrected chi connectivity index (χ4v) is 21.7. The van der Waals surface area contributed by atoms with Crippen molar-refractivity contribution >= 4 is 0 Å². The molecule has 0 spiro atoms. The Morgan fingerprint density at radius 2 is 0.460 bits per heavy atom. The fourth-order valence-electron chi connectivity index (χ4n) is 21.7. The van der Waals surface area contributed by atoms with E-state index in [2.05, 4.69) is 9.80 Å². The normalized spacial score (nSPS) is 44.7. The Labute approximate surface area is 391 Å². The number of nitrogens with zero attached hydrogens (tertiary/aromatic N) is 2. The van der Waals surface area contributed by atoms with Gasteiger partial charge < -0.3 is 0 Å². The third-order valence-corrected chi connectivity index (χ3v) is 24.1. The number of hydrogen-bond acceptors (Lipinski definition) is 2. The lowest BCUT2D eigenvalue weighted by Gasteiger charge is -2.59. The van der Waals surface area contributed by atoms with Crippen LogP contribution in [-0.4, -0.2) is 46.1 Å². The molecular weight excluding hydrogens is 761 g/mol. The van der Waals surface area contributed by atoms with Gasteiger partial charge in [-0.15, -0.1) is 0 Å². The second kappa shape index (κ2) is 21.3. The van der Waals surface area contributed by atoms with Gasteiger partial charge in [-0.2, -0.15) is 0 Å². The maximum Gasteiger partial charge on any atom is 0.0101 e. The molecule has 0 heterocycles. The smallest absolute Gasteiger partial charge is 0.0101 e. The predicted molar refractivity (Wildman–Crippen MR) is 267 cm³/mol. The van der Waals surface area contributed by atoms with E-state index in [9.17, 15) is 0 Å². The van der Waals surface area contributed by atoms with Crippen LogP contribution in [0.1, 0.15) is 283 Å². The highest BCUT2D eigenvalue weighted by atomic mass is 15.2. The Bertz CT molecular complexity index is 1240. The molecule has 0 aromatic carbocycles. The number of hydrogen-bond donors (Lipinski definition) is 0. The van der Waals surface area contributed by atoms with Crippen molar-refractivity contribution in [3.05, 3.63) is 0 Å². The van der Waals surface area contributed by atoms with Gasteiger partial charge in [-0.25, -0.2) is 0 Å². The van der Waals surface area contributed by atoms with E-state index >= 15 is 0 Å². The molecule has 63 heavy (non-hydrogen) atoms. The molecule has 4 atom stereocenters. The highest BCUT2D eigenvalue weighted by Crippen LogP contribution is 2.72. The van der Waals surface area contributed by atoms with Crippen LogP contribution in [0.4, 0.5) is 0 Å². The molecular formula is C61H104N2. The number of fused-ring (bicyclic) bond motifs is 3. The quantitative estimate of drug-likeness (QED) is 0.216. The Kier molecular flexibility index (Phi) is 15.3. The van der Waals surface area contributed by atoms with Gasteiger partial charge in [0.2, 0.25) is 0 Å². The Morgan fingerprint density at radius 3 is 0.810 bits per heavy atom. The number of rotatable bonds is 10. The summed E-state index contributed by atoms with van der Waals surface area (Å²) < 4.78 is 0. The van der Waals surface area contributed by atoms with E-state index in [1.807, 2.05) is 0 Å². The van der Waals surface area contributed by atoms with E-state index in [-0.39, 0.29) is 0 Å². The molecule has 0 aromatic heterocycles. The van der Waals surface area contributed by atoms with Crippen molar-refractivity contribution in [2.45, 2.75) is 319 Å². The van der Waals surface area contributed by atoms with Crippen LogP contribution in [0.5, 0.6) is 0 Å². The van der Waals surface area contributed by atoms with Crippen molar-refractivity contribution in [3.8, 4) is 0 Å². The van der Waals surface area contributed by atoms with Crippen molar-refractivity contribution in [2.24, 2.45) is 64.6 Å². The van der Waals surface area contributed by atoms with Gasteiger partial charge in [0, 0.05) is 36.3 Å². The molecule has 11 saturated carbocycles. The van der Waals surface area contributed by atoms with Gasteiger partial charge in [0.25, 0.3) is 0 Å². The first-order valence-corrected chi connectivity index (χ1v) is 30.8. The molecule has 2 nitrogen and oxygen atoms in total. The molecule has 0 saturated heterocycles. The van der Waals surface area contributed by atoms with Crippen LogP contribution in [0.3, 0.4) is 0 Å². The first-order chi connectivity index (χ1) is 31.3. The van der Waals surface area contributed by atoms with Crippen molar-refractivity contribution in [3.63, 3.8) is 0 Å². The molecule has 11 rings (SSSR count). The topological polar surface area (TPSA) is 6.48 Å². The Balaban J connectivity index is 0.813. The molecule has 2 heteroatoms. The van der Waals surface area contributed by atoms with E-state index in [1.54, 1.807) is 180 Å². The van der Waals surface area contributed by atoms with E-state index < -0.39 is 0 Å². The highest BCUT2D eigenvalue weighted by Gasteiger charge is 2.65. The van der Waals surface area contributed by atoms with Crippen molar-refractivity contribution in [1.29, 1.82) is 0 Å². The minimum atomic E-state index is 0.702. The summed E-state index contributed by atoms with van der Waals surface area (Å²) in [7, 11) is 0. The van der Waals surface area contributed by atoms with Gasteiger partial charge in [0.15, 0.2) is 0 Å². The molecule has 0 radical (unpaired) electrons. The maximum absolute atomic E-state index is 3.37. The maximum atomic E-state index is 3.37. The molecule has 358 valence electrons. The lowest BCUT2D eigenvalue weighted by atomic mass is 9.48. The second-order valence-corrected chi connectivity index (χ2v) is 26.5. The lowest BCUT2D eigenvalue weighted by molar-refractivity contribution is -0.0968. The minimum absolute atomic E-state index is 0.702. The summed E-state index contributed by atoms with van der Waals surface area (Å²) in [6.07, 6.45) is 68.8. The van der Waals surface area contributed by atoms with Crippen LogP contribution in [0, 0.1) is 64.6 Å². The first kappa shape index (κ1) is 45.4. The summed E-state index contributed by atoms with van der Waals surface area (Å²) in [4.78, 5) is 6.74. The van der Waals surface area contributed by atoms with Gasteiger partial charge in [-0.05, 0) is 219 Å². The van der Waals surface area contributed by atoms with Crippen LogP contribution in [0.15, 0.2) is 0 Å². The fraction of sp³-hybridized carbons (Fsp3) is 1.00. The predicted octanol–water partition coefficient (Wildman–Crippen LogP) is 17.3. The van der Waals surface area contributed by atoms with Gasteiger partial charge in [0.1, 0.15) is 0 Å². The zero-order chi connectivity index (χ0) is 42.0. The molecule has 0 aromatic rings. The minimum Gasteiger partial charge on any atom is -0.294 e. The van der Waals surface area contributed by atoms with E-state index in [0.717, 1.165) is 95.4 Å². The summed E-state index contributed by atoms with van der Waals surface area (Å²) in [5, 5.41) is 0. The average molecular weight is 866 g/mol. The van der Waals surface area contributed by atoms with E-state index in [4.69, 9.17) is 0 Å². The molecule has 0 amide bonds. The third kappa shape index (κ3) is 9.38. The third-order valence-electron chi connectivity index (χ3n) is 24.1. The molecule has 11 aliphatic carbocycles. The SMILES string of the molecule is C1CCC(C2CCC(N(C3CCCCC3)C3CCC(C4(C5CCC(N(C6CCCCC6)C6CCC(C7CCCCC7)CC6)CC5)C5CCCCC5C5CCCCC54)CC3)CC2)CC1. The van der Waals surface area contributed by atoms with Gasteiger partial charge in [-0.1, -0.05) is 128 Å². The monoisotopic (exact) mass is 865 g/mol. The highest BCUT2D eigenvalue weighted by molar-refractivity contribution is 5.14. The Morgan fingerprint density at radius 1 is 0.206 bits per heavy atom. The Hall–Kier alpha value is -0.0800. The van der Waals surface area contributed by atoms with Gasteiger partial charge in [-0.3, -0.25) is 9.80 Å². The van der Waals surface area contributed by atoms with Crippen LogP contribution in [-0.2, 0) is 0 Å². The first-order valence-electron chi connectivity index (χ1n) is 30.8. The summed E-state index contributed by atoms with van der Waals surface area (Å²) in [6.45, 7) is 0. The van der Waals surface area contributed by atoms with Crippen molar-refractivity contribution in [1.82, 2.24) is 9.80 Å². The molecule has 0 N–H and O–H groups in total. The van der Waals surface area contributed by atoms with Crippen molar-refractivity contribution < 1.29 is 0 Å². The zero-order valence-corrected chi connectivity index (χ0v) is 41.7. The summed E-state index contributed by atoms with van der Waals surface area (Å²) >= 11 is 0.